The summed E-state index contributed by atoms with van der Waals surface area (Å²) in [6, 6.07) is 4.62. The molecular formula is C10H8BrFN2O. The van der Waals surface area contributed by atoms with Crippen LogP contribution in [0.1, 0.15) is 5.56 Å². The monoisotopic (exact) mass is 270 g/mol. The zero-order chi connectivity index (χ0) is 10.8. The molecule has 0 unspecified atom stereocenters. The number of nitrogens with zero attached hydrogens (tertiary/aromatic N) is 1. The van der Waals surface area contributed by atoms with E-state index in [0.717, 1.165) is 4.47 Å². The second-order valence-electron chi connectivity index (χ2n) is 3.01. The van der Waals surface area contributed by atoms with Crippen molar-refractivity contribution >= 4 is 15.9 Å². The van der Waals surface area contributed by atoms with E-state index < -0.39 is 0 Å². The van der Waals surface area contributed by atoms with E-state index in [0.29, 0.717) is 16.9 Å². The number of aromatic nitrogens is 1. The standard InChI is InChI=1S/C10H8BrFN2O/c11-7-1-2-9(12)8(3-7)10-6(4-13)5-14-15-10/h1-3,5H,4,13H2. The van der Waals surface area contributed by atoms with Crippen molar-refractivity contribution in [3.63, 3.8) is 0 Å². The van der Waals surface area contributed by atoms with Gasteiger partial charge >= 0.3 is 0 Å². The maximum absolute atomic E-state index is 13.5. The minimum atomic E-state index is -0.357. The first-order chi connectivity index (χ1) is 7.22. The Kier molecular flexibility index (Phi) is 2.83. The molecule has 0 aliphatic carbocycles. The van der Waals surface area contributed by atoms with Gasteiger partial charge in [0, 0.05) is 16.6 Å². The molecule has 2 aromatic rings. The summed E-state index contributed by atoms with van der Waals surface area (Å²) < 4.78 is 19.3. The predicted molar refractivity (Wildman–Crippen MR) is 57.5 cm³/mol. The number of nitrogens with two attached hydrogens (primary N) is 1. The number of hydrogen-bond donors (Lipinski definition) is 1. The molecule has 0 saturated carbocycles. The van der Waals surface area contributed by atoms with Gasteiger partial charge in [-0.05, 0) is 18.2 Å². The van der Waals surface area contributed by atoms with Gasteiger partial charge in [-0.15, -0.1) is 0 Å². The summed E-state index contributed by atoms with van der Waals surface area (Å²) in [5, 5.41) is 3.60. The number of hydrogen-bond acceptors (Lipinski definition) is 3. The Balaban J connectivity index is 2.58. The first kappa shape index (κ1) is 10.3. The van der Waals surface area contributed by atoms with Gasteiger partial charge in [0.25, 0.3) is 0 Å². The quantitative estimate of drug-likeness (QED) is 0.913. The van der Waals surface area contributed by atoms with E-state index in [1.165, 1.54) is 12.3 Å². The highest BCUT2D eigenvalue weighted by Gasteiger charge is 2.14. The molecule has 0 atom stereocenters. The van der Waals surface area contributed by atoms with E-state index in [9.17, 15) is 4.39 Å². The fraction of sp³-hybridized carbons (Fsp3) is 0.100. The highest BCUT2D eigenvalue weighted by Crippen LogP contribution is 2.28. The van der Waals surface area contributed by atoms with Gasteiger partial charge in [0.2, 0.25) is 0 Å². The molecule has 2 N–H and O–H groups in total. The molecule has 15 heavy (non-hydrogen) atoms. The minimum Gasteiger partial charge on any atom is -0.356 e. The SMILES string of the molecule is NCc1cnoc1-c1cc(Br)ccc1F. The third kappa shape index (κ3) is 1.93. The molecule has 1 aromatic carbocycles. The van der Waals surface area contributed by atoms with Crippen LogP contribution >= 0.6 is 15.9 Å². The van der Waals surface area contributed by atoms with Crippen LogP contribution in [0.3, 0.4) is 0 Å². The average Bonchev–Trinajstić information content (AvgIpc) is 2.69. The van der Waals surface area contributed by atoms with Crippen LogP contribution in [0.4, 0.5) is 4.39 Å². The first-order valence-electron chi connectivity index (χ1n) is 4.31. The van der Waals surface area contributed by atoms with Crippen LogP contribution in [-0.4, -0.2) is 5.16 Å². The third-order valence-electron chi connectivity index (χ3n) is 2.04. The molecule has 5 heteroatoms. The summed E-state index contributed by atoms with van der Waals surface area (Å²) in [6.07, 6.45) is 1.50. The van der Waals surface area contributed by atoms with Gasteiger partial charge < -0.3 is 10.3 Å². The summed E-state index contributed by atoms with van der Waals surface area (Å²) in [5.74, 6) is 0.0287. The third-order valence-corrected chi connectivity index (χ3v) is 2.53. The van der Waals surface area contributed by atoms with Gasteiger partial charge in [-0.2, -0.15) is 0 Å². The van der Waals surface area contributed by atoms with Gasteiger partial charge in [-0.1, -0.05) is 21.1 Å². The van der Waals surface area contributed by atoms with E-state index in [4.69, 9.17) is 10.3 Å². The number of benzene rings is 1. The van der Waals surface area contributed by atoms with Gasteiger partial charge in [0.05, 0.1) is 11.8 Å². The van der Waals surface area contributed by atoms with Crippen LogP contribution < -0.4 is 5.73 Å². The summed E-state index contributed by atoms with van der Waals surface area (Å²) in [4.78, 5) is 0. The van der Waals surface area contributed by atoms with E-state index >= 15 is 0 Å². The zero-order valence-electron chi connectivity index (χ0n) is 7.71. The summed E-state index contributed by atoms with van der Waals surface area (Å²) in [6.45, 7) is 0.269. The molecule has 0 saturated heterocycles. The molecule has 3 nitrogen and oxygen atoms in total. The van der Waals surface area contributed by atoms with Crippen molar-refractivity contribution in [1.29, 1.82) is 0 Å². The molecule has 0 bridgehead atoms. The fourth-order valence-corrected chi connectivity index (χ4v) is 1.66. The molecule has 0 aliphatic rings. The topological polar surface area (TPSA) is 52.0 Å². The minimum absolute atomic E-state index is 0.269. The lowest BCUT2D eigenvalue weighted by Gasteiger charge is -2.01. The molecule has 0 aliphatic heterocycles. The van der Waals surface area contributed by atoms with Gasteiger partial charge in [0.1, 0.15) is 5.82 Å². The molecule has 0 radical (unpaired) electrons. The number of halogens is 2. The zero-order valence-corrected chi connectivity index (χ0v) is 9.29. The lowest BCUT2D eigenvalue weighted by atomic mass is 10.1. The molecule has 1 heterocycles. The smallest absolute Gasteiger partial charge is 0.174 e. The van der Waals surface area contributed by atoms with Crippen molar-refractivity contribution < 1.29 is 8.91 Å². The Labute approximate surface area is 94.2 Å². The van der Waals surface area contributed by atoms with E-state index in [2.05, 4.69) is 21.1 Å². The first-order valence-corrected chi connectivity index (χ1v) is 5.10. The normalized spacial score (nSPS) is 10.6. The second kappa shape index (κ2) is 4.12. The van der Waals surface area contributed by atoms with Crippen molar-refractivity contribution in [3.8, 4) is 11.3 Å². The van der Waals surface area contributed by atoms with Crippen molar-refractivity contribution in [2.24, 2.45) is 5.73 Å². The van der Waals surface area contributed by atoms with Crippen LogP contribution in [0.25, 0.3) is 11.3 Å². The Hall–Kier alpha value is -1.20. The van der Waals surface area contributed by atoms with Crippen LogP contribution in [-0.2, 0) is 6.54 Å². The van der Waals surface area contributed by atoms with Gasteiger partial charge in [0.15, 0.2) is 5.76 Å². The maximum atomic E-state index is 13.5. The van der Waals surface area contributed by atoms with E-state index in [1.807, 2.05) is 0 Å². The summed E-state index contributed by atoms with van der Waals surface area (Å²) in [5.41, 5.74) is 6.54. The molecule has 1 aromatic heterocycles. The van der Waals surface area contributed by atoms with Crippen LogP contribution in [0, 0.1) is 5.82 Å². The Morgan fingerprint density at radius 1 is 1.47 bits per heavy atom. The van der Waals surface area contributed by atoms with E-state index in [-0.39, 0.29) is 12.4 Å². The molecule has 2 rings (SSSR count). The number of rotatable bonds is 2. The lowest BCUT2D eigenvalue weighted by Crippen LogP contribution is -1.96. The van der Waals surface area contributed by atoms with Gasteiger partial charge in [-0.3, -0.25) is 0 Å². The van der Waals surface area contributed by atoms with Gasteiger partial charge in [-0.25, -0.2) is 4.39 Å². The maximum Gasteiger partial charge on any atom is 0.174 e. The molecular weight excluding hydrogens is 263 g/mol. The average molecular weight is 271 g/mol. The van der Waals surface area contributed by atoms with Crippen molar-refractivity contribution in [3.05, 3.63) is 40.2 Å². The van der Waals surface area contributed by atoms with Crippen LogP contribution in [0.2, 0.25) is 0 Å². The van der Waals surface area contributed by atoms with Crippen molar-refractivity contribution in [1.82, 2.24) is 5.16 Å². The highest BCUT2D eigenvalue weighted by atomic mass is 79.9. The Morgan fingerprint density at radius 3 is 3.00 bits per heavy atom. The second-order valence-corrected chi connectivity index (χ2v) is 3.92. The van der Waals surface area contributed by atoms with Crippen molar-refractivity contribution in [2.75, 3.05) is 0 Å². The van der Waals surface area contributed by atoms with Crippen LogP contribution in [0.5, 0.6) is 0 Å². The summed E-state index contributed by atoms with van der Waals surface area (Å²) >= 11 is 3.27. The molecule has 78 valence electrons. The molecule has 0 fully saturated rings. The molecule has 0 amide bonds. The van der Waals surface area contributed by atoms with Crippen molar-refractivity contribution in [2.45, 2.75) is 6.54 Å². The summed E-state index contributed by atoms with van der Waals surface area (Å²) in [7, 11) is 0. The van der Waals surface area contributed by atoms with Crippen LogP contribution in [0.15, 0.2) is 33.4 Å². The van der Waals surface area contributed by atoms with E-state index in [1.54, 1.807) is 12.1 Å². The fourth-order valence-electron chi connectivity index (χ4n) is 1.30. The Morgan fingerprint density at radius 2 is 2.27 bits per heavy atom. The Bertz CT molecular complexity index is 484. The predicted octanol–water partition coefficient (Wildman–Crippen LogP) is 2.70. The largest absolute Gasteiger partial charge is 0.356 e. The highest BCUT2D eigenvalue weighted by molar-refractivity contribution is 9.10. The lowest BCUT2D eigenvalue weighted by molar-refractivity contribution is 0.429. The molecule has 0 spiro atoms.